The summed E-state index contributed by atoms with van der Waals surface area (Å²) in [5, 5.41) is 3.62. The predicted octanol–water partition coefficient (Wildman–Crippen LogP) is 3.25. The Bertz CT molecular complexity index is 375. The van der Waals surface area contributed by atoms with Crippen LogP contribution >= 0.6 is 0 Å². The summed E-state index contributed by atoms with van der Waals surface area (Å²) < 4.78 is 5.27. The summed E-state index contributed by atoms with van der Waals surface area (Å²) in [7, 11) is 1.73. The summed E-state index contributed by atoms with van der Waals surface area (Å²) in [6, 6.07) is 7.14. The molecular formula is C15H23NO. The summed E-state index contributed by atoms with van der Waals surface area (Å²) in [5.74, 6) is 1.64. The summed E-state index contributed by atoms with van der Waals surface area (Å²) in [6.07, 6.45) is 3.96. The van der Waals surface area contributed by atoms with Gasteiger partial charge in [-0.05, 0) is 55.5 Å². The van der Waals surface area contributed by atoms with Crippen molar-refractivity contribution in [1.29, 1.82) is 0 Å². The van der Waals surface area contributed by atoms with E-state index in [-0.39, 0.29) is 0 Å². The van der Waals surface area contributed by atoms with Crippen molar-refractivity contribution >= 4 is 0 Å². The number of rotatable bonds is 4. The maximum absolute atomic E-state index is 5.27. The average Bonchev–Trinajstić information content (AvgIpc) is 2.77. The van der Waals surface area contributed by atoms with Gasteiger partial charge in [-0.25, -0.2) is 0 Å². The molecule has 0 spiro atoms. The van der Waals surface area contributed by atoms with Crippen molar-refractivity contribution in [2.24, 2.45) is 0 Å². The van der Waals surface area contributed by atoms with Crippen molar-refractivity contribution in [2.75, 3.05) is 13.7 Å². The van der Waals surface area contributed by atoms with Crippen LogP contribution in [0.1, 0.15) is 43.2 Å². The monoisotopic (exact) mass is 233 g/mol. The zero-order valence-corrected chi connectivity index (χ0v) is 11.1. The van der Waals surface area contributed by atoms with E-state index in [1.807, 2.05) is 0 Å². The van der Waals surface area contributed by atoms with Crippen molar-refractivity contribution in [3.63, 3.8) is 0 Å². The molecule has 1 N–H and O–H groups in total. The van der Waals surface area contributed by atoms with Crippen LogP contribution < -0.4 is 10.1 Å². The lowest BCUT2D eigenvalue weighted by molar-refractivity contribution is 0.413. The summed E-state index contributed by atoms with van der Waals surface area (Å²) >= 11 is 0. The van der Waals surface area contributed by atoms with Gasteiger partial charge in [-0.3, -0.25) is 0 Å². The quantitative estimate of drug-likeness (QED) is 0.862. The SMILES string of the molecule is CCNC1CCCC1c1ccc(OC)cc1C. The molecule has 1 fully saturated rings. The van der Waals surface area contributed by atoms with Gasteiger partial charge in [0.05, 0.1) is 7.11 Å². The number of hydrogen-bond acceptors (Lipinski definition) is 2. The Kier molecular flexibility index (Phi) is 4.06. The van der Waals surface area contributed by atoms with Gasteiger partial charge in [0.2, 0.25) is 0 Å². The maximum atomic E-state index is 5.27. The molecule has 2 rings (SSSR count). The van der Waals surface area contributed by atoms with Crippen molar-refractivity contribution in [2.45, 2.75) is 45.1 Å². The molecule has 0 aliphatic heterocycles. The highest BCUT2D eigenvalue weighted by Crippen LogP contribution is 2.37. The molecule has 1 aliphatic carbocycles. The van der Waals surface area contributed by atoms with Crippen LogP contribution in [0.3, 0.4) is 0 Å². The molecule has 0 saturated heterocycles. The topological polar surface area (TPSA) is 21.3 Å². The van der Waals surface area contributed by atoms with Crippen LogP contribution in [0.25, 0.3) is 0 Å². The summed E-state index contributed by atoms with van der Waals surface area (Å²) in [4.78, 5) is 0. The first kappa shape index (κ1) is 12.4. The Morgan fingerprint density at radius 3 is 2.82 bits per heavy atom. The van der Waals surface area contributed by atoms with Crippen LogP contribution in [-0.2, 0) is 0 Å². The molecule has 2 atom stereocenters. The van der Waals surface area contributed by atoms with Crippen LogP contribution in [0, 0.1) is 6.92 Å². The van der Waals surface area contributed by atoms with Gasteiger partial charge in [-0.2, -0.15) is 0 Å². The highest BCUT2D eigenvalue weighted by molar-refractivity contribution is 5.38. The Balaban J connectivity index is 2.21. The van der Waals surface area contributed by atoms with E-state index in [4.69, 9.17) is 4.74 Å². The lowest BCUT2D eigenvalue weighted by Gasteiger charge is -2.22. The number of nitrogens with one attached hydrogen (secondary N) is 1. The van der Waals surface area contributed by atoms with E-state index in [0.717, 1.165) is 12.3 Å². The standard InChI is InChI=1S/C15H23NO/c1-4-16-15-7-5-6-14(15)13-9-8-12(17-3)10-11(13)2/h8-10,14-16H,4-7H2,1-3H3. The fourth-order valence-corrected chi connectivity index (χ4v) is 3.03. The molecule has 1 aromatic carbocycles. The van der Waals surface area contributed by atoms with Crippen molar-refractivity contribution in [3.8, 4) is 5.75 Å². The number of ether oxygens (including phenoxy) is 1. The molecule has 0 heterocycles. The Morgan fingerprint density at radius 1 is 1.35 bits per heavy atom. The van der Waals surface area contributed by atoms with Gasteiger partial charge in [0.1, 0.15) is 5.75 Å². The lowest BCUT2D eigenvalue weighted by Crippen LogP contribution is -2.31. The number of aryl methyl sites for hydroxylation is 1. The van der Waals surface area contributed by atoms with Gasteiger partial charge >= 0.3 is 0 Å². The zero-order chi connectivity index (χ0) is 12.3. The highest BCUT2D eigenvalue weighted by Gasteiger charge is 2.28. The minimum Gasteiger partial charge on any atom is -0.497 e. The predicted molar refractivity (Wildman–Crippen MR) is 71.8 cm³/mol. The number of benzene rings is 1. The first-order valence-corrected chi connectivity index (χ1v) is 6.64. The second-order valence-electron chi connectivity index (χ2n) is 4.92. The second kappa shape index (κ2) is 5.54. The van der Waals surface area contributed by atoms with E-state index in [0.29, 0.717) is 12.0 Å². The molecule has 2 heteroatoms. The van der Waals surface area contributed by atoms with Gasteiger partial charge in [0.25, 0.3) is 0 Å². The van der Waals surface area contributed by atoms with E-state index in [9.17, 15) is 0 Å². The summed E-state index contributed by atoms with van der Waals surface area (Å²) in [5.41, 5.74) is 2.86. The van der Waals surface area contributed by atoms with Crippen LogP contribution in [0.2, 0.25) is 0 Å². The minimum absolute atomic E-state index is 0.659. The first-order chi connectivity index (χ1) is 8.26. The molecule has 0 bridgehead atoms. The van der Waals surface area contributed by atoms with E-state index in [1.54, 1.807) is 7.11 Å². The fourth-order valence-electron chi connectivity index (χ4n) is 3.03. The molecule has 1 aliphatic rings. The lowest BCUT2D eigenvalue weighted by atomic mass is 9.90. The van der Waals surface area contributed by atoms with Crippen LogP contribution in [-0.4, -0.2) is 19.7 Å². The van der Waals surface area contributed by atoms with Crippen LogP contribution in [0.15, 0.2) is 18.2 Å². The van der Waals surface area contributed by atoms with Crippen molar-refractivity contribution < 1.29 is 4.74 Å². The first-order valence-electron chi connectivity index (χ1n) is 6.64. The third-order valence-electron chi connectivity index (χ3n) is 3.86. The largest absolute Gasteiger partial charge is 0.497 e. The molecule has 1 aromatic rings. The van der Waals surface area contributed by atoms with Gasteiger partial charge in [0.15, 0.2) is 0 Å². The molecule has 1 saturated carbocycles. The number of hydrogen-bond donors (Lipinski definition) is 1. The van der Waals surface area contributed by atoms with Crippen molar-refractivity contribution in [1.82, 2.24) is 5.32 Å². The van der Waals surface area contributed by atoms with Crippen molar-refractivity contribution in [3.05, 3.63) is 29.3 Å². The molecular weight excluding hydrogens is 210 g/mol. The second-order valence-corrected chi connectivity index (χ2v) is 4.92. The molecule has 2 nitrogen and oxygen atoms in total. The maximum Gasteiger partial charge on any atom is 0.119 e. The molecule has 0 aromatic heterocycles. The smallest absolute Gasteiger partial charge is 0.119 e. The third-order valence-corrected chi connectivity index (χ3v) is 3.86. The van der Waals surface area contributed by atoms with Gasteiger partial charge in [-0.1, -0.05) is 19.4 Å². The molecule has 94 valence electrons. The van der Waals surface area contributed by atoms with E-state index in [2.05, 4.69) is 37.4 Å². The average molecular weight is 233 g/mol. The highest BCUT2D eigenvalue weighted by atomic mass is 16.5. The Labute approximate surface area is 104 Å². The van der Waals surface area contributed by atoms with Gasteiger partial charge in [0, 0.05) is 6.04 Å². The van der Waals surface area contributed by atoms with Gasteiger partial charge < -0.3 is 10.1 Å². The minimum atomic E-state index is 0.659. The number of methoxy groups -OCH3 is 1. The van der Waals surface area contributed by atoms with E-state index in [1.165, 1.54) is 30.4 Å². The number of likely N-dealkylation sites (N-methyl/N-ethyl adjacent to an activating group) is 1. The molecule has 17 heavy (non-hydrogen) atoms. The van der Waals surface area contributed by atoms with Crippen LogP contribution in [0.5, 0.6) is 5.75 Å². The van der Waals surface area contributed by atoms with Gasteiger partial charge in [-0.15, -0.1) is 0 Å². The Morgan fingerprint density at radius 2 is 2.18 bits per heavy atom. The normalized spacial score (nSPS) is 23.9. The van der Waals surface area contributed by atoms with E-state index >= 15 is 0 Å². The van der Waals surface area contributed by atoms with E-state index < -0.39 is 0 Å². The Hall–Kier alpha value is -1.02. The zero-order valence-electron chi connectivity index (χ0n) is 11.1. The molecule has 0 radical (unpaired) electrons. The molecule has 0 amide bonds. The summed E-state index contributed by atoms with van der Waals surface area (Å²) in [6.45, 7) is 5.45. The molecule has 2 unspecified atom stereocenters. The fraction of sp³-hybridized carbons (Fsp3) is 0.600. The van der Waals surface area contributed by atoms with Crippen LogP contribution in [0.4, 0.5) is 0 Å². The third kappa shape index (κ3) is 2.63.